The molecule has 1 spiro atoms. The van der Waals surface area contributed by atoms with Gasteiger partial charge in [0, 0.05) is 17.2 Å². The van der Waals surface area contributed by atoms with Gasteiger partial charge in [0.25, 0.3) is 0 Å². The highest BCUT2D eigenvalue weighted by atomic mass is 16.5. The van der Waals surface area contributed by atoms with Crippen LogP contribution < -0.4 is 4.74 Å². The number of benzene rings is 1. The van der Waals surface area contributed by atoms with Crippen LogP contribution in [0.4, 0.5) is 5.69 Å². The second kappa shape index (κ2) is 4.09. The van der Waals surface area contributed by atoms with E-state index in [1.54, 1.807) is 7.11 Å². The summed E-state index contributed by atoms with van der Waals surface area (Å²) < 4.78 is 5.36. The van der Waals surface area contributed by atoms with Crippen LogP contribution in [0.25, 0.3) is 0 Å². The average molecular weight is 255 g/mol. The van der Waals surface area contributed by atoms with Gasteiger partial charge in [0.05, 0.1) is 12.8 Å². The molecule has 3 aliphatic rings. The Hall–Kier alpha value is -1.31. The van der Waals surface area contributed by atoms with E-state index in [0.29, 0.717) is 5.41 Å². The first-order valence-corrected chi connectivity index (χ1v) is 7.61. The molecule has 0 N–H and O–H groups in total. The van der Waals surface area contributed by atoms with Crippen molar-refractivity contribution < 1.29 is 4.74 Å². The molecule has 19 heavy (non-hydrogen) atoms. The summed E-state index contributed by atoms with van der Waals surface area (Å²) in [7, 11) is 1.73. The number of nitrogens with zero attached hydrogens (tertiary/aromatic N) is 1. The van der Waals surface area contributed by atoms with Crippen LogP contribution in [0.15, 0.2) is 23.2 Å². The molecule has 0 bridgehead atoms. The molecule has 2 nitrogen and oxygen atoms in total. The van der Waals surface area contributed by atoms with Gasteiger partial charge >= 0.3 is 0 Å². The van der Waals surface area contributed by atoms with Crippen molar-refractivity contribution in [2.24, 2.45) is 10.9 Å². The molecule has 0 saturated heterocycles. The third kappa shape index (κ3) is 1.46. The van der Waals surface area contributed by atoms with Crippen molar-refractivity contribution in [3.63, 3.8) is 0 Å². The van der Waals surface area contributed by atoms with Gasteiger partial charge in [-0.25, -0.2) is 0 Å². The highest BCUT2D eigenvalue weighted by Crippen LogP contribution is 2.56. The Bertz CT molecular complexity index is 546. The van der Waals surface area contributed by atoms with E-state index in [-0.39, 0.29) is 0 Å². The van der Waals surface area contributed by atoms with E-state index < -0.39 is 0 Å². The highest BCUT2D eigenvalue weighted by molar-refractivity contribution is 6.03. The number of fused-ring (bicyclic) bond motifs is 1. The molecule has 2 saturated carbocycles. The molecule has 100 valence electrons. The lowest BCUT2D eigenvalue weighted by Crippen LogP contribution is -2.45. The normalized spacial score (nSPS) is 32.1. The predicted octanol–water partition coefficient (Wildman–Crippen LogP) is 4.39. The maximum atomic E-state index is 5.36. The fourth-order valence-corrected chi connectivity index (χ4v) is 4.67. The zero-order valence-electron chi connectivity index (χ0n) is 11.6. The van der Waals surface area contributed by atoms with E-state index in [9.17, 15) is 0 Å². The van der Waals surface area contributed by atoms with Gasteiger partial charge in [-0.15, -0.1) is 0 Å². The first kappa shape index (κ1) is 11.5. The lowest BCUT2D eigenvalue weighted by molar-refractivity contribution is 0.221. The lowest BCUT2D eigenvalue weighted by Gasteiger charge is -2.46. The maximum Gasteiger partial charge on any atom is 0.121 e. The van der Waals surface area contributed by atoms with Crippen molar-refractivity contribution >= 4 is 11.4 Å². The van der Waals surface area contributed by atoms with E-state index in [4.69, 9.17) is 9.73 Å². The summed E-state index contributed by atoms with van der Waals surface area (Å²) in [5.41, 5.74) is 4.46. The van der Waals surface area contributed by atoms with Crippen LogP contribution >= 0.6 is 0 Å². The number of aliphatic imine (C=N–C) groups is 1. The molecule has 0 aromatic heterocycles. The summed E-state index contributed by atoms with van der Waals surface area (Å²) in [6.07, 6.45) is 9.40. The van der Waals surface area contributed by atoms with Gasteiger partial charge in [-0.3, -0.25) is 4.99 Å². The standard InChI is InChI=1S/C17H21NO/c1-19-13-8-9-14-15(11-13)18-16-7-4-6-12-5-2-3-10-17(12,14)16/h8-9,11-12H,2-7,10H2,1H3. The van der Waals surface area contributed by atoms with E-state index in [2.05, 4.69) is 18.2 Å². The van der Waals surface area contributed by atoms with E-state index in [1.807, 2.05) is 0 Å². The maximum absolute atomic E-state index is 5.36. The Labute approximate surface area is 114 Å². The second-order valence-electron chi connectivity index (χ2n) is 6.25. The summed E-state index contributed by atoms with van der Waals surface area (Å²) in [4.78, 5) is 4.99. The monoisotopic (exact) mass is 255 g/mol. The third-order valence-electron chi connectivity index (χ3n) is 5.49. The number of ether oxygens (including phenoxy) is 1. The molecule has 2 unspecified atom stereocenters. The van der Waals surface area contributed by atoms with Gasteiger partial charge in [0.2, 0.25) is 0 Å². The topological polar surface area (TPSA) is 21.6 Å². The van der Waals surface area contributed by atoms with Gasteiger partial charge in [-0.2, -0.15) is 0 Å². The molecule has 2 aliphatic carbocycles. The summed E-state index contributed by atoms with van der Waals surface area (Å²) in [6.45, 7) is 0. The van der Waals surface area contributed by atoms with Crippen LogP contribution in [0.3, 0.4) is 0 Å². The number of rotatable bonds is 1. The van der Waals surface area contributed by atoms with Gasteiger partial charge in [0.1, 0.15) is 5.75 Å². The Morgan fingerprint density at radius 1 is 1.21 bits per heavy atom. The highest BCUT2D eigenvalue weighted by Gasteiger charge is 2.51. The van der Waals surface area contributed by atoms with Crippen LogP contribution in [0, 0.1) is 5.92 Å². The lowest BCUT2D eigenvalue weighted by atomic mass is 9.56. The predicted molar refractivity (Wildman–Crippen MR) is 77.6 cm³/mol. The van der Waals surface area contributed by atoms with Crippen molar-refractivity contribution in [2.75, 3.05) is 7.11 Å². The number of methoxy groups -OCH3 is 1. The number of hydrogen-bond donors (Lipinski definition) is 0. The Morgan fingerprint density at radius 2 is 2.11 bits per heavy atom. The zero-order chi connectivity index (χ0) is 12.9. The molecular formula is C17H21NO. The first-order chi connectivity index (χ1) is 9.34. The minimum atomic E-state index is 0.304. The average Bonchev–Trinajstić information content (AvgIpc) is 2.78. The largest absolute Gasteiger partial charge is 0.497 e. The summed E-state index contributed by atoms with van der Waals surface area (Å²) in [5.74, 6) is 1.77. The molecule has 1 heterocycles. The van der Waals surface area contributed by atoms with Gasteiger partial charge < -0.3 is 4.74 Å². The molecule has 2 atom stereocenters. The van der Waals surface area contributed by atoms with Crippen LogP contribution in [0.5, 0.6) is 5.75 Å². The SMILES string of the molecule is COc1ccc2c(c1)N=C1CCCC3CCCCC123. The van der Waals surface area contributed by atoms with Gasteiger partial charge in [0.15, 0.2) is 0 Å². The Kier molecular flexibility index (Phi) is 2.48. The number of hydrogen-bond acceptors (Lipinski definition) is 2. The quantitative estimate of drug-likeness (QED) is 0.729. The first-order valence-electron chi connectivity index (χ1n) is 7.61. The van der Waals surface area contributed by atoms with Crippen LogP contribution in [-0.2, 0) is 5.41 Å². The Morgan fingerprint density at radius 3 is 3.00 bits per heavy atom. The fraction of sp³-hybridized carbons (Fsp3) is 0.588. The van der Waals surface area contributed by atoms with E-state index in [0.717, 1.165) is 11.7 Å². The minimum absolute atomic E-state index is 0.304. The minimum Gasteiger partial charge on any atom is -0.497 e. The third-order valence-corrected chi connectivity index (χ3v) is 5.49. The van der Waals surface area contributed by atoms with Crippen molar-refractivity contribution in [1.29, 1.82) is 0 Å². The van der Waals surface area contributed by atoms with E-state index >= 15 is 0 Å². The molecule has 1 aromatic carbocycles. The molecular weight excluding hydrogens is 234 g/mol. The van der Waals surface area contributed by atoms with Crippen LogP contribution in [0.2, 0.25) is 0 Å². The summed E-state index contributed by atoms with van der Waals surface area (Å²) >= 11 is 0. The second-order valence-corrected chi connectivity index (χ2v) is 6.25. The van der Waals surface area contributed by atoms with E-state index in [1.165, 1.54) is 61.9 Å². The smallest absolute Gasteiger partial charge is 0.121 e. The fourth-order valence-electron chi connectivity index (χ4n) is 4.67. The molecule has 1 aliphatic heterocycles. The van der Waals surface area contributed by atoms with Gasteiger partial charge in [-0.05, 0) is 49.7 Å². The van der Waals surface area contributed by atoms with Crippen molar-refractivity contribution in [3.05, 3.63) is 23.8 Å². The molecule has 2 fully saturated rings. The van der Waals surface area contributed by atoms with Crippen molar-refractivity contribution in [2.45, 2.75) is 50.4 Å². The molecule has 1 aromatic rings. The summed E-state index contributed by atoms with van der Waals surface area (Å²) in [5, 5.41) is 0. The zero-order valence-corrected chi connectivity index (χ0v) is 11.6. The molecule has 0 radical (unpaired) electrons. The molecule has 4 rings (SSSR count). The van der Waals surface area contributed by atoms with Crippen molar-refractivity contribution in [1.82, 2.24) is 0 Å². The molecule has 0 amide bonds. The van der Waals surface area contributed by atoms with Crippen LogP contribution in [-0.4, -0.2) is 12.8 Å². The van der Waals surface area contributed by atoms with Crippen molar-refractivity contribution in [3.8, 4) is 5.75 Å². The molecule has 2 heteroatoms. The van der Waals surface area contributed by atoms with Crippen LogP contribution in [0.1, 0.15) is 50.5 Å². The van der Waals surface area contributed by atoms with Gasteiger partial charge in [-0.1, -0.05) is 18.9 Å². The summed E-state index contributed by atoms with van der Waals surface area (Å²) in [6, 6.07) is 6.53. The Balaban J connectivity index is 1.88.